The van der Waals surface area contributed by atoms with Gasteiger partial charge >= 0.3 is 5.63 Å². The summed E-state index contributed by atoms with van der Waals surface area (Å²) in [6.45, 7) is 3.88. The number of amides is 1. The molecule has 0 bridgehead atoms. The minimum absolute atomic E-state index is 0.241. The van der Waals surface area contributed by atoms with Crippen molar-refractivity contribution in [3.05, 3.63) is 70.3 Å². The zero-order valence-corrected chi connectivity index (χ0v) is 14.0. The van der Waals surface area contributed by atoms with Crippen LogP contribution in [0.2, 0.25) is 0 Å². The number of nitrogens with one attached hydrogen (secondary N) is 1. The van der Waals surface area contributed by atoms with Crippen LogP contribution in [0.1, 0.15) is 18.1 Å². The van der Waals surface area contributed by atoms with Gasteiger partial charge in [-0.2, -0.15) is 0 Å². The van der Waals surface area contributed by atoms with Crippen molar-refractivity contribution in [1.82, 2.24) is 10.3 Å². The van der Waals surface area contributed by atoms with Crippen LogP contribution >= 0.6 is 0 Å². The van der Waals surface area contributed by atoms with Crippen molar-refractivity contribution in [2.24, 2.45) is 0 Å². The number of nitrogens with zero attached hydrogens (tertiary/aromatic N) is 1. The summed E-state index contributed by atoms with van der Waals surface area (Å²) in [6.07, 6.45) is 2.68. The summed E-state index contributed by atoms with van der Waals surface area (Å²) in [5, 5.41) is 3.63. The number of benzene rings is 1. The quantitative estimate of drug-likeness (QED) is 0.723. The Bertz CT molecular complexity index is 951. The molecule has 0 fully saturated rings. The highest BCUT2D eigenvalue weighted by Crippen LogP contribution is 2.23. The summed E-state index contributed by atoms with van der Waals surface area (Å²) < 4.78 is 10.9. The second-order valence-electron chi connectivity index (χ2n) is 5.75. The standard InChI is InChI=1S/C19H18N2O4/c1-12-8-18(22)25-17-9-15(5-6-16(12)17)24-13(2)19(23)21-11-14-4-3-7-20-10-14/h3-10,13H,11H2,1-2H3,(H,21,23). The van der Waals surface area contributed by atoms with Crippen LogP contribution in [0.3, 0.4) is 0 Å². The maximum atomic E-state index is 12.2. The molecule has 3 rings (SSSR count). The Balaban J connectivity index is 1.67. The normalized spacial score (nSPS) is 11.9. The second kappa shape index (κ2) is 7.17. The minimum atomic E-state index is -0.689. The number of rotatable bonds is 5. The van der Waals surface area contributed by atoms with Crippen LogP contribution in [-0.2, 0) is 11.3 Å². The van der Waals surface area contributed by atoms with Crippen LogP contribution < -0.4 is 15.7 Å². The highest BCUT2D eigenvalue weighted by Gasteiger charge is 2.15. The fraction of sp³-hybridized carbons (Fsp3) is 0.211. The number of fused-ring (bicyclic) bond motifs is 1. The van der Waals surface area contributed by atoms with Gasteiger partial charge in [0.1, 0.15) is 11.3 Å². The first-order valence-electron chi connectivity index (χ1n) is 7.91. The summed E-state index contributed by atoms with van der Waals surface area (Å²) in [4.78, 5) is 27.7. The van der Waals surface area contributed by atoms with E-state index in [0.717, 1.165) is 16.5 Å². The highest BCUT2D eigenvalue weighted by molar-refractivity contribution is 5.82. The number of aryl methyl sites for hydroxylation is 1. The van der Waals surface area contributed by atoms with Crippen molar-refractivity contribution in [1.29, 1.82) is 0 Å². The molecular weight excluding hydrogens is 320 g/mol. The molecule has 0 aliphatic rings. The lowest BCUT2D eigenvalue weighted by atomic mass is 10.1. The molecule has 128 valence electrons. The van der Waals surface area contributed by atoms with E-state index in [4.69, 9.17) is 9.15 Å². The lowest BCUT2D eigenvalue weighted by Gasteiger charge is -2.15. The molecule has 2 aromatic heterocycles. The van der Waals surface area contributed by atoms with E-state index in [-0.39, 0.29) is 5.91 Å². The fourth-order valence-corrected chi connectivity index (χ4v) is 2.47. The Kier molecular flexibility index (Phi) is 4.79. The SMILES string of the molecule is Cc1cc(=O)oc2cc(OC(C)C(=O)NCc3cccnc3)ccc12. The fourth-order valence-electron chi connectivity index (χ4n) is 2.47. The van der Waals surface area contributed by atoms with Gasteiger partial charge in [0.25, 0.3) is 5.91 Å². The van der Waals surface area contributed by atoms with Crippen LogP contribution in [0.15, 0.2) is 58.0 Å². The van der Waals surface area contributed by atoms with Crippen LogP contribution in [0.5, 0.6) is 5.75 Å². The topological polar surface area (TPSA) is 81.4 Å². The van der Waals surface area contributed by atoms with Crippen molar-refractivity contribution < 1.29 is 13.9 Å². The molecule has 0 saturated heterocycles. The van der Waals surface area contributed by atoms with Crippen LogP contribution in [0, 0.1) is 6.92 Å². The maximum absolute atomic E-state index is 12.2. The molecule has 1 atom stereocenters. The number of hydrogen-bond acceptors (Lipinski definition) is 5. The molecule has 2 heterocycles. The molecule has 3 aromatic rings. The first kappa shape index (κ1) is 16.7. The van der Waals surface area contributed by atoms with Gasteiger partial charge in [0.2, 0.25) is 0 Å². The van der Waals surface area contributed by atoms with Gasteiger partial charge in [-0.3, -0.25) is 9.78 Å². The smallest absolute Gasteiger partial charge is 0.336 e. The van der Waals surface area contributed by atoms with E-state index in [1.807, 2.05) is 25.1 Å². The van der Waals surface area contributed by atoms with Crippen molar-refractivity contribution >= 4 is 16.9 Å². The molecule has 1 amide bonds. The van der Waals surface area contributed by atoms with E-state index >= 15 is 0 Å². The van der Waals surface area contributed by atoms with Gasteiger partial charge in [0.05, 0.1) is 0 Å². The van der Waals surface area contributed by atoms with Gasteiger partial charge in [0, 0.05) is 36.5 Å². The van der Waals surface area contributed by atoms with Gasteiger partial charge in [-0.15, -0.1) is 0 Å². The second-order valence-corrected chi connectivity index (χ2v) is 5.75. The van der Waals surface area contributed by atoms with Crippen molar-refractivity contribution in [2.45, 2.75) is 26.5 Å². The number of aromatic nitrogens is 1. The highest BCUT2D eigenvalue weighted by atomic mass is 16.5. The van der Waals surface area contributed by atoms with E-state index in [9.17, 15) is 9.59 Å². The molecule has 6 nitrogen and oxygen atoms in total. The Morgan fingerprint density at radius 3 is 2.92 bits per heavy atom. The third-order valence-electron chi connectivity index (χ3n) is 3.79. The van der Waals surface area contributed by atoms with E-state index < -0.39 is 11.7 Å². The van der Waals surface area contributed by atoms with E-state index in [2.05, 4.69) is 10.3 Å². The lowest BCUT2D eigenvalue weighted by molar-refractivity contribution is -0.127. The first-order chi connectivity index (χ1) is 12.0. The number of ether oxygens (including phenoxy) is 1. The third kappa shape index (κ3) is 4.03. The zero-order chi connectivity index (χ0) is 17.8. The summed E-state index contributed by atoms with van der Waals surface area (Å²) in [7, 11) is 0. The first-order valence-corrected chi connectivity index (χ1v) is 7.91. The van der Waals surface area contributed by atoms with Crippen LogP contribution in [0.4, 0.5) is 0 Å². The van der Waals surface area contributed by atoms with Gasteiger partial charge in [-0.25, -0.2) is 4.79 Å². The van der Waals surface area contributed by atoms with E-state index in [0.29, 0.717) is 17.9 Å². The Morgan fingerprint density at radius 1 is 1.32 bits per heavy atom. The summed E-state index contributed by atoms with van der Waals surface area (Å²) >= 11 is 0. The number of pyridine rings is 1. The maximum Gasteiger partial charge on any atom is 0.336 e. The van der Waals surface area contributed by atoms with Gasteiger partial charge < -0.3 is 14.5 Å². The molecule has 0 radical (unpaired) electrons. The average Bonchev–Trinajstić information content (AvgIpc) is 2.60. The Hall–Kier alpha value is -3.15. The molecule has 0 aliphatic heterocycles. The zero-order valence-electron chi connectivity index (χ0n) is 14.0. The van der Waals surface area contributed by atoms with Gasteiger partial charge in [-0.05, 0) is 43.2 Å². The predicted molar refractivity (Wildman–Crippen MR) is 93.4 cm³/mol. The Morgan fingerprint density at radius 2 is 2.16 bits per heavy atom. The number of hydrogen-bond donors (Lipinski definition) is 1. The molecular formula is C19H18N2O4. The van der Waals surface area contributed by atoms with Gasteiger partial charge in [0.15, 0.2) is 6.10 Å². The molecule has 1 aromatic carbocycles. The lowest BCUT2D eigenvalue weighted by Crippen LogP contribution is -2.35. The number of carbonyl (C=O) groups is 1. The molecule has 0 saturated carbocycles. The molecule has 0 aliphatic carbocycles. The van der Waals surface area contributed by atoms with Crippen molar-refractivity contribution in [3.8, 4) is 5.75 Å². The summed E-state index contributed by atoms with van der Waals surface area (Å²) in [6, 6.07) is 10.3. The van der Waals surface area contributed by atoms with Gasteiger partial charge in [-0.1, -0.05) is 6.07 Å². The van der Waals surface area contributed by atoms with Crippen LogP contribution in [-0.4, -0.2) is 17.0 Å². The summed E-state index contributed by atoms with van der Waals surface area (Å²) in [5.41, 5.74) is 1.76. The molecule has 0 spiro atoms. The summed E-state index contributed by atoms with van der Waals surface area (Å²) in [5.74, 6) is 0.222. The molecule has 25 heavy (non-hydrogen) atoms. The third-order valence-corrected chi connectivity index (χ3v) is 3.79. The predicted octanol–water partition coefficient (Wildman–Crippen LogP) is 2.58. The Labute approximate surface area is 144 Å². The monoisotopic (exact) mass is 338 g/mol. The number of carbonyl (C=O) groups excluding carboxylic acids is 1. The average molecular weight is 338 g/mol. The van der Waals surface area contributed by atoms with Crippen molar-refractivity contribution in [3.63, 3.8) is 0 Å². The van der Waals surface area contributed by atoms with Crippen molar-refractivity contribution in [2.75, 3.05) is 0 Å². The van der Waals surface area contributed by atoms with Crippen LogP contribution in [0.25, 0.3) is 11.0 Å². The largest absolute Gasteiger partial charge is 0.481 e. The van der Waals surface area contributed by atoms with E-state index in [1.165, 1.54) is 6.07 Å². The van der Waals surface area contributed by atoms with E-state index in [1.54, 1.807) is 31.5 Å². The molecule has 1 unspecified atom stereocenters. The minimum Gasteiger partial charge on any atom is -0.481 e. The molecule has 6 heteroatoms. The molecule has 1 N–H and O–H groups in total.